The van der Waals surface area contributed by atoms with Crippen LogP contribution in [0.1, 0.15) is 12.5 Å². The molecule has 1 rings (SSSR count). The van der Waals surface area contributed by atoms with Gasteiger partial charge in [0.15, 0.2) is 0 Å². The van der Waals surface area contributed by atoms with Gasteiger partial charge < -0.3 is 5.32 Å². The van der Waals surface area contributed by atoms with Crippen LogP contribution in [0.15, 0.2) is 29.3 Å². The summed E-state index contributed by atoms with van der Waals surface area (Å²) in [6.07, 6.45) is 0. The fourth-order valence-electron chi connectivity index (χ4n) is 0.987. The number of benzene rings is 1. The first-order valence-corrected chi connectivity index (χ1v) is 5.04. The fraction of sp³-hybridized carbons (Fsp3) is 0.167. The van der Waals surface area contributed by atoms with Crippen LogP contribution >= 0.6 is 12.2 Å². The molecule has 0 saturated carbocycles. The molecule has 0 bridgehead atoms. The third-order valence-corrected chi connectivity index (χ3v) is 1.79. The maximum Gasteiger partial charge on any atom is 0.217 e. The number of hydrogen-bond donors (Lipinski definition) is 1. The van der Waals surface area contributed by atoms with Crippen molar-refractivity contribution in [1.82, 2.24) is 5.32 Å². The monoisotopic (exact) mass is 230 g/mol. The predicted molar refractivity (Wildman–Crippen MR) is 66.7 cm³/mol. The molecule has 0 unspecified atom stereocenters. The Balaban J connectivity index is 2.61. The lowest BCUT2D eigenvalue weighted by atomic mass is 10.2. The molecule has 1 aromatic carbocycles. The Morgan fingerprint density at radius 2 is 2.12 bits per heavy atom. The molecule has 4 heteroatoms. The van der Waals surface area contributed by atoms with Gasteiger partial charge in [0.1, 0.15) is 0 Å². The van der Waals surface area contributed by atoms with Gasteiger partial charge in [-0.25, -0.2) is 0 Å². The summed E-state index contributed by atoms with van der Waals surface area (Å²) in [6.45, 7) is 1.81. The van der Waals surface area contributed by atoms with E-state index in [1.54, 1.807) is 0 Å². The zero-order valence-corrected chi connectivity index (χ0v) is 9.60. The van der Waals surface area contributed by atoms with Gasteiger partial charge in [0.2, 0.25) is 5.91 Å². The molecule has 3 nitrogen and oxygen atoms in total. The summed E-state index contributed by atoms with van der Waals surface area (Å²) in [7, 11) is 0. The van der Waals surface area contributed by atoms with Crippen LogP contribution in [-0.2, 0) is 4.79 Å². The number of carbonyl (C=O) groups is 1. The normalized spacial score (nSPS) is 8.31. The van der Waals surface area contributed by atoms with E-state index < -0.39 is 0 Å². The lowest BCUT2D eigenvalue weighted by Gasteiger charge is -1.93. The molecule has 0 radical (unpaired) electrons. The average molecular weight is 230 g/mol. The molecule has 0 aliphatic carbocycles. The third kappa shape index (κ3) is 4.52. The number of nitrogens with one attached hydrogen (secondary N) is 1. The topological polar surface area (TPSA) is 41.5 Å². The number of thiocarbonyl (C=S) groups is 1. The predicted octanol–water partition coefficient (Wildman–Crippen LogP) is 1.91. The highest BCUT2D eigenvalue weighted by atomic mass is 32.1. The Labute approximate surface area is 99.6 Å². The molecule has 1 amide bonds. The Morgan fingerprint density at radius 3 is 2.69 bits per heavy atom. The van der Waals surface area contributed by atoms with Crippen molar-refractivity contribution in [3.8, 4) is 11.8 Å². The molecular formula is C12H10N2OS. The number of isothiocyanates is 1. The SMILES string of the molecule is CC(=O)NCC#Cc1ccc(N=C=S)cc1. The summed E-state index contributed by atoms with van der Waals surface area (Å²) in [5.74, 6) is 5.67. The smallest absolute Gasteiger partial charge is 0.217 e. The second-order valence-electron chi connectivity index (χ2n) is 2.96. The molecule has 0 saturated heterocycles. The second kappa shape index (κ2) is 6.52. The minimum absolute atomic E-state index is 0.0834. The molecule has 0 fully saturated rings. The standard InChI is InChI=1S/C12H10N2OS/c1-10(15)13-8-2-3-11-4-6-12(7-5-11)14-9-16/h4-7H,8H2,1H3,(H,13,15). The number of hydrogen-bond acceptors (Lipinski definition) is 3. The van der Waals surface area contributed by atoms with Crippen molar-refractivity contribution in [3.05, 3.63) is 29.8 Å². The van der Waals surface area contributed by atoms with Crippen LogP contribution in [-0.4, -0.2) is 17.6 Å². The highest BCUT2D eigenvalue weighted by Crippen LogP contribution is 2.11. The first kappa shape index (κ1) is 12.1. The molecular weight excluding hydrogens is 220 g/mol. The Morgan fingerprint density at radius 1 is 1.44 bits per heavy atom. The number of carbonyl (C=O) groups excluding carboxylic acids is 1. The second-order valence-corrected chi connectivity index (χ2v) is 3.14. The van der Waals surface area contributed by atoms with Crippen LogP contribution < -0.4 is 5.32 Å². The van der Waals surface area contributed by atoms with Gasteiger partial charge in [-0.3, -0.25) is 4.79 Å². The van der Waals surface area contributed by atoms with E-state index in [0.717, 1.165) is 11.3 Å². The molecule has 0 aliphatic heterocycles. The Kier molecular flexibility index (Phi) is 4.94. The van der Waals surface area contributed by atoms with Crippen molar-refractivity contribution in [3.63, 3.8) is 0 Å². The summed E-state index contributed by atoms with van der Waals surface area (Å²) in [5.41, 5.74) is 1.62. The zero-order chi connectivity index (χ0) is 11.8. The average Bonchev–Trinajstić information content (AvgIpc) is 2.27. The zero-order valence-electron chi connectivity index (χ0n) is 8.78. The minimum Gasteiger partial charge on any atom is -0.345 e. The summed E-state index contributed by atoms with van der Waals surface area (Å²) < 4.78 is 0. The van der Waals surface area contributed by atoms with E-state index >= 15 is 0 Å². The van der Waals surface area contributed by atoms with E-state index in [2.05, 4.69) is 39.5 Å². The van der Waals surface area contributed by atoms with Crippen molar-refractivity contribution >= 4 is 29.0 Å². The third-order valence-electron chi connectivity index (χ3n) is 1.70. The van der Waals surface area contributed by atoms with E-state index in [1.807, 2.05) is 24.3 Å². The van der Waals surface area contributed by atoms with E-state index in [4.69, 9.17) is 0 Å². The van der Waals surface area contributed by atoms with Crippen molar-refractivity contribution in [2.24, 2.45) is 4.99 Å². The van der Waals surface area contributed by atoms with Gasteiger partial charge in [-0.15, -0.1) is 0 Å². The molecule has 0 atom stereocenters. The summed E-state index contributed by atoms with van der Waals surface area (Å²) >= 11 is 4.49. The van der Waals surface area contributed by atoms with Crippen LogP contribution in [0.25, 0.3) is 0 Å². The van der Waals surface area contributed by atoms with Crippen molar-refractivity contribution in [2.45, 2.75) is 6.92 Å². The Bertz CT molecular complexity index is 476. The van der Waals surface area contributed by atoms with E-state index in [1.165, 1.54) is 6.92 Å². The van der Waals surface area contributed by atoms with Crippen molar-refractivity contribution < 1.29 is 4.79 Å². The largest absolute Gasteiger partial charge is 0.345 e. The number of rotatable bonds is 2. The van der Waals surface area contributed by atoms with Gasteiger partial charge in [0.25, 0.3) is 0 Å². The van der Waals surface area contributed by atoms with Gasteiger partial charge in [-0.05, 0) is 36.5 Å². The van der Waals surface area contributed by atoms with Crippen LogP contribution in [0.4, 0.5) is 5.69 Å². The van der Waals surface area contributed by atoms with Gasteiger partial charge in [0, 0.05) is 12.5 Å². The maximum absolute atomic E-state index is 10.6. The summed E-state index contributed by atoms with van der Waals surface area (Å²) in [5, 5.41) is 4.89. The van der Waals surface area contributed by atoms with Crippen LogP contribution in [0, 0.1) is 11.8 Å². The van der Waals surface area contributed by atoms with E-state index in [9.17, 15) is 4.79 Å². The van der Waals surface area contributed by atoms with Gasteiger partial charge in [-0.2, -0.15) is 4.99 Å². The molecule has 0 aliphatic rings. The summed E-state index contributed by atoms with van der Waals surface area (Å²) in [6, 6.07) is 7.29. The lowest BCUT2D eigenvalue weighted by molar-refractivity contribution is -0.118. The molecule has 0 heterocycles. The van der Waals surface area contributed by atoms with Crippen LogP contribution in [0.2, 0.25) is 0 Å². The molecule has 1 aromatic rings. The molecule has 0 aromatic heterocycles. The van der Waals surface area contributed by atoms with Crippen molar-refractivity contribution in [2.75, 3.05) is 6.54 Å². The highest BCUT2D eigenvalue weighted by molar-refractivity contribution is 7.78. The number of amides is 1. The molecule has 16 heavy (non-hydrogen) atoms. The lowest BCUT2D eigenvalue weighted by Crippen LogP contribution is -2.19. The van der Waals surface area contributed by atoms with Gasteiger partial charge in [-0.1, -0.05) is 11.8 Å². The minimum atomic E-state index is -0.0834. The van der Waals surface area contributed by atoms with E-state index in [0.29, 0.717) is 6.54 Å². The first-order valence-electron chi connectivity index (χ1n) is 4.63. The van der Waals surface area contributed by atoms with Crippen LogP contribution in [0.3, 0.4) is 0 Å². The molecule has 1 N–H and O–H groups in total. The van der Waals surface area contributed by atoms with Crippen molar-refractivity contribution in [1.29, 1.82) is 0 Å². The van der Waals surface area contributed by atoms with Crippen LogP contribution in [0.5, 0.6) is 0 Å². The van der Waals surface area contributed by atoms with E-state index in [-0.39, 0.29) is 5.91 Å². The Hall–Kier alpha value is -1.95. The number of nitrogens with zero attached hydrogens (tertiary/aromatic N) is 1. The summed E-state index contributed by atoms with van der Waals surface area (Å²) in [4.78, 5) is 14.4. The maximum atomic E-state index is 10.6. The van der Waals surface area contributed by atoms with Gasteiger partial charge >= 0.3 is 0 Å². The molecule has 0 spiro atoms. The molecule has 80 valence electrons. The quantitative estimate of drug-likeness (QED) is 0.479. The number of aliphatic imine (C=N–C) groups is 1. The fourth-order valence-corrected chi connectivity index (χ4v) is 1.09. The first-order chi connectivity index (χ1) is 7.72. The highest BCUT2D eigenvalue weighted by Gasteiger charge is 1.89. The van der Waals surface area contributed by atoms with Gasteiger partial charge in [0.05, 0.1) is 17.4 Å².